The van der Waals surface area contributed by atoms with E-state index in [4.69, 9.17) is 4.98 Å². The summed E-state index contributed by atoms with van der Waals surface area (Å²) in [4.78, 5) is 5.16. The predicted molar refractivity (Wildman–Crippen MR) is 130 cm³/mol. The van der Waals surface area contributed by atoms with E-state index in [1.54, 1.807) is 28.2 Å². The number of nitrogens with zero attached hydrogens (tertiary/aromatic N) is 6. The Hall–Kier alpha value is -2.17. The number of thioether (sulfide) groups is 1. The summed E-state index contributed by atoms with van der Waals surface area (Å²) in [6.07, 6.45) is 7.17. The Morgan fingerprint density at radius 3 is 2.64 bits per heavy atom. The topological polar surface area (TPSA) is 85.9 Å². The van der Waals surface area contributed by atoms with Crippen molar-refractivity contribution in [3.8, 4) is 0 Å². The molecule has 2 aliphatic rings. The number of fused-ring (bicyclic) bond motifs is 1. The van der Waals surface area contributed by atoms with Crippen LogP contribution in [0.3, 0.4) is 0 Å². The van der Waals surface area contributed by atoms with Gasteiger partial charge in [-0.1, -0.05) is 24.3 Å². The van der Waals surface area contributed by atoms with Crippen molar-refractivity contribution in [1.82, 2.24) is 28.6 Å². The van der Waals surface area contributed by atoms with E-state index in [1.807, 2.05) is 12.1 Å². The van der Waals surface area contributed by atoms with Crippen molar-refractivity contribution in [3.05, 3.63) is 42.5 Å². The van der Waals surface area contributed by atoms with Gasteiger partial charge in [-0.15, -0.1) is 16.8 Å². The first-order valence-electron chi connectivity index (χ1n) is 11.7. The van der Waals surface area contributed by atoms with Gasteiger partial charge >= 0.3 is 0 Å². The Labute approximate surface area is 199 Å². The predicted octanol–water partition coefficient (Wildman–Crippen LogP) is 4.18. The van der Waals surface area contributed by atoms with Crippen LogP contribution in [0.15, 0.2) is 40.9 Å². The summed E-state index contributed by atoms with van der Waals surface area (Å²) in [5, 5.41) is 9.72. The summed E-state index contributed by atoms with van der Waals surface area (Å²) in [7, 11) is -3.48. The minimum atomic E-state index is -3.48. The molecule has 3 aromatic rings. The highest BCUT2D eigenvalue weighted by Gasteiger charge is 2.30. The number of aryl methyl sites for hydroxylation is 1. The van der Waals surface area contributed by atoms with Crippen molar-refractivity contribution in [2.24, 2.45) is 0 Å². The van der Waals surface area contributed by atoms with Crippen LogP contribution >= 0.6 is 11.8 Å². The van der Waals surface area contributed by atoms with Crippen LogP contribution in [-0.2, 0) is 28.9 Å². The Kier molecular flexibility index (Phi) is 6.32. The molecule has 3 heterocycles. The minimum absolute atomic E-state index is 0.330. The molecule has 33 heavy (non-hydrogen) atoms. The second-order valence-corrected chi connectivity index (χ2v) is 11.6. The molecule has 1 aromatic carbocycles. The third kappa shape index (κ3) is 4.36. The lowest BCUT2D eigenvalue weighted by Crippen LogP contribution is -2.35. The van der Waals surface area contributed by atoms with Gasteiger partial charge < -0.3 is 9.13 Å². The van der Waals surface area contributed by atoms with Gasteiger partial charge in [-0.05, 0) is 50.8 Å². The highest BCUT2D eigenvalue weighted by Crippen LogP contribution is 2.40. The summed E-state index contributed by atoms with van der Waals surface area (Å²) in [6, 6.07) is 5.34. The summed E-state index contributed by atoms with van der Waals surface area (Å²) >= 11 is 1.62. The van der Waals surface area contributed by atoms with Gasteiger partial charge in [-0.3, -0.25) is 0 Å². The van der Waals surface area contributed by atoms with Gasteiger partial charge in [0.2, 0.25) is 10.0 Å². The Morgan fingerprint density at radius 1 is 1.15 bits per heavy atom. The van der Waals surface area contributed by atoms with Gasteiger partial charge in [0, 0.05) is 32.1 Å². The largest absolute Gasteiger partial charge is 0.328 e. The number of aromatic nitrogens is 5. The van der Waals surface area contributed by atoms with E-state index >= 15 is 0 Å². The van der Waals surface area contributed by atoms with Crippen molar-refractivity contribution >= 4 is 32.8 Å². The smallest absolute Gasteiger partial charge is 0.243 e. The quantitative estimate of drug-likeness (QED) is 0.333. The first-order chi connectivity index (χ1) is 16.0. The standard InChI is InChI=1S/C23H30N6O2S2/c1-3-12-29-22(17-8-9-17)25-26-23(29)32-16-21-24-19-15-18(10-11-20(19)28(21)4-2)33(30,31)27-13-6-5-7-14-27/h3,10-11,15,17H,1,4-9,12-14,16H2,2H3. The fraction of sp³-hybridized carbons (Fsp3) is 0.522. The lowest BCUT2D eigenvalue weighted by molar-refractivity contribution is 0.346. The van der Waals surface area contributed by atoms with Gasteiger partial charge in [0.15, 0.2) is 5.16 Å². The monoisotopic (exact) mass is 486 g/mol. The summed E-state index contributed by atoms with van der Waals surface area (Å²) in [5.74, 6) is 3.11. The Balaban J connectivity index is 1.41. The zero-order valence-electron chi connectivity index (χ0n) is 19.0. The van der Waals surface area contributed by atoms with Gasteiger partial charge in [-0.25, -0.2) is 13.4 Å². The van der Waals surface area contributed by atoms with E-state index < -0.39 is 10.0 Å². The van der Waals surface area contributed by atoms with E-state index in [9.17, 15) is 8.42 Å². The maximum absolute atomic E-state index is 13.1. The number of hydrogen-bond acceptors (Lipinski definition) is 6. The molecular weight excluding hydrogens is 456 g/mol. The molecule has 1 aliphatic heterocycles. The molecule has 1 saturated heterocycles. The summed E-state index contributed by atoms with van der Waals surface area (Å²) in [5.41, 5.74) is 1.67. The highest BCUT2D eigenvalue weighted by atomic mass is 32.2. The number of benzene rings is 1. The Bertz CT molecular complexity index is 1270. The van der Waals surface area contributed by atoms with E-state index in [0.29, 0.717) is 36.2 Å². The molecule has 1 saturated carbocycles. The molecule has 0 bridgehead atoms. The summed E-state index contributed by atoms with van der Waals surface area (Å²) < 4.78 is 32.2. The zero-order chi connectivity index (χ0) is 23.0. The molecule has 0 amide bonds. The second kappa shape index (κ2) is 9.23. The molecule has 0 N–H and O–H groups in total. The van der Waals surface area contributed by atoms with Gasteiger partial charge in [0.25, 0.3) is 0 Å². The fourth-order valence-electron chi connectivity index (χ4n) is 4.52. The van der Waals surface area contributed by atoms with Crippen LogP contribution in [-0.4, -0.2) is 50.1 Å². The van der Waals surface area contributed by atoms with E-state index in [2.05, 4.69) is 32.8 Å². The maximum Gasteiger partial charge on any atom is 0.243 e. The second-order valence-electron chi connectivity index (χ2n) is 8.69. The zero-order valence-corrected chi connectivity index (χ0v) is 20.6. The molecule has 0 unspecified atom stereocenters. The number of piperidine rings is 1. The van der Waals surface area contributed by atoms with E-state index in [0.717, 1.165) is 53.6 Å². The summed E-state index contributed by atoms with van der Waals surface area (Å²) in [6.45, 7) is 8.61. The van der Waals surface area contributed by atoms with Gasteiger partial charge in [0.05, 0.1) is 21.7 Å². The molecular formula is C23H30N6O2S2. The number of imidazole rings is 1. The number of sulfonamides is 1. The van der Waals surface area contributed by atoms with Crippen molar-refractivity contribution in [2.75, 3.05) is 13.1 Å². The molecule has 176 valence electrons. The van der Waals surface area contributed by atoms with Crippen LogP contribution in [0.2, 0.25) is 0 Å². The van der Waals surface area contributed by atoms with Gasteiger partial charge in [0.1, 0.15) is 11.6 Å². The lowest BCUT2D eigenvalue weighted by atomic mass is 10.2. The first-order valence-corrected chi connectivity index (χ1v) is 14.1. The molecule has 2 fully saturated rings. The molecule has 0 radical (unpaired) electrons. The van der Waals surface area contributed by atoms with Crippen LogP contribution in [0.4, 0.5) is 0 Å². The van der Waals surface area contributed by atoms with E-state index in [-0.39, 0.29) is 0 Å². The SMILES string of the molecule is C=CCn1c(SCc2nc3cc(S(=O)(=O)N4CCCCC4)ccc3n2CC)nnc1C1CC1. The molecule has 10 heteroatoms. The van der Waals surface area contributed by atoms with Crippen LogP contribution in [0.25, 0.3) is 11.0 Å². The van der Waals surface area contributed by atoms with Crippen LogP contribution in [0.5, 0.6) is 0 Å². The minimum Gasteiger partial charge on any atom is -0.328 e. The third-order valence-electron chi connectivity index (χ3n) is 6.40. The van der Waals surface area contributed by atoms with Crippen molar-refractivity contribution in [3.63, 3.8) is 0 Å². The average molecular weight is 487 g/mol. The molecule has 2 aromatic heterocycles. The van der Waals surface area contributed by atoms with Crippen LogP contribution < -0.4 is 0 Å². The number of hydrogen-bond donors (Lipinski definition) is 0. The highest BCUT2D eigenvalue weighted by molar-refractivity contribution is 7.98. The van der Waals surface area contributed by atoms with Gasteiger partial charge in [-0.2, -0.15) is 4.31 Å². The number of allylic oxidation sites excluding steroid dienone is 1. The normalized spacial score (nSPS) is 17.6. The fourth-order valence-corrected chi connectivity index (χ4v) is 6.96. The lowest BCUT2D eigenvalue weighted by Gasteiger charge is -2.25. The van der Waals surface area contributed by atoms with Crippen LogP contribution in [0, 0.1) is 0 Å². The van der Waals surface area contributed by atoms with Crippen molar-refractivity contribution in [2.45, 2.75) is 73.8 Å². The first kappa shape index (κ1) is 22.6. The third-order valence-corrected chi connectivity index (χ3v) is 9.26. The maximum atomic E-state index is 13.1. The van der Waals surface area contributed by atoms with Crippen molar-refractivity contribution in [1.29, 1.82) is 0 Å². The molecule has 0 spiro atoms. The van der Waals surface area contributed by atoms with Crippen molar-refractivity contribution < 1.29 is 8.42 Å². The van der Waals surface area contributed by atoms with E-state index in [1.165, 1.54) is 12.8 Å². The molecule has 8 nitrogen and oxygen atoms in total. The molecule has 1 aliphatic carbocycles. The number of rotatable bonds is 9. The average Bonchev–Trinajstić information content (AvgIpc) is 3.50. The van der Waals surface area contributed by atoms with Crippen LogP contribution in [0.1, 0.15) is 56.6 Å². The Morgan fingerprint density at radius 2 is 1.94 bits per heavy atom. The molecule has 5 rings (SSSR count). The molecule has 0 atom stereocenters.